The summed E-state index contributed by atoms with van der Waals surface area (Å²) in [6.45, 7) is 5.53. The minimum Gasteiger partial charge on any atom is -0.301 e. The molecule has 1 saturated heterocycles. The second-order valence-electron chi connectivity index (χ2n) is 3.98. The first-order valence-electron chi connectivity index (χ1n) is 5.70. The van der Waals surface area contributed by atoms with E-state index < -0.39 is 0 Å². The van der Waals surface area contributed by atoms with Crippen molar-refractivity contribution in [2.24, 2.45) is 0 Å². The molecule has 81 valence electrons. The Balaban J connectivity index is 1.66. The van der Waals surface area contributed by atoms with Gasteiger partial charge in [0.1, 0.15) is 0 Å². The average molecular weight is 204 g/mol. The molecule has 0 unspecified atom stereocenters. The van der Waals surface area contributed by atoms with E-state index >= 15 is 0 Å². The van der Waals surface area contributed by atoms with E-state index in [0.717, 1.165) is 32.6 Å². The normalized spacial score (nSPS) is 17.9. The maximum absolute atomic E-state index is 4.34. The van der Waals surface area contributed by atoms with Crippen LogP contribution in [0.5, 0.6) is 0 Å². The van der Waals surface area contributed by atoms with E-state index in [9.17, 15) is 0 Å². The number of rotatable bonds is 4. The standard InChI is InChI=1S/C12H18N3/c1-3-12(11-14-5-1)4-2-8-15-9-6-13-7-10-15/h1,3,5,11H,2,4,6-10H2. The van der Waals surface area contributed by atoms with Gasteiger partial charge in [0.05, 0.1) is 0 Å². The third-order valence-electron chi connectivity index (χ3n) is 2.81. The summed E-state index contributed by atoms with van der Waals surface area (Å²) in [7, 11) is 0. The molecule has 0 amide bonds. The van der Waals surface area contributed by atoms with E-state index in [1.54, 1.807) is 0 Å². The zero-order valence-electron chi connectivity index (χ0n) is 9.10. The number of aryl methyl sites for hydroxylation is 1. The fourth-order valence-corrected chi connectivity index (χ4v) is 1.92. The van der Waals surface area contributed by atoms with Crippen LogP contribution in [-0.4, -0.2) is 42.6 Å². The van der Waals surface area contributed by atoms with Crippen molar-refractivity contribution < 1.29 is 0 Å². The molecule has 0 atom stereocenters. The van der Waals surface area contributed by atoms with E-state index in [4.69, 9.17) is 0 Å². The van der Waals surface area contributed by atoms with Gasteiger partial charge >= 0.3 is 0 Å². The summed E-state index contributed by atoms with van der Waals surface area (Å²) < 4.78 is 0. The molecule has 15 heavy (non-hydrogen) atoms. The highest BCUT2D eigenvalue weighted by Gasteiger charge is 2.08. The van der Waals surface area contributed by atoms with Gasteiger partial charge in [-0.25, -0.2) is 5.32 Å². The summed E-state index contributed by atoms with van der Waals surface area (Å²) in [6.07, 6.45) is 6.16. The summed E-state index contributed by atoms with van der Waals surface area (Å²) >= 11 is 0. The Morgan fingerprint density at radius 3 is 2.87 bits per heavy atom. The molecule has 0 bridgehead atoms. The van der Waals surface area contributed by atoms with Crippen LogP contribution in [-0.2, 0) is 6.42 Å². The van der Waals surface area contributed by atoms with Gasteiger partial charge in [0.15, 0.2) is 0 Å². The second kappa shape index (κ2) is 5.83. The average Bonchev–Trinajstić information content (AvgIpc) is 2.32. The van der Waals surface area contributed by atoms with Crippen molar-refractivity contribution in [1.82, 2.24) is 15.2 Å². The SMILES string of the molecule is c1cncc(CCCN2CC[N]CC2)c1. The predicted molar refractivity (Wildman–Crippen MR) is 60.9 cm³/mol. The van der Waals surface area contributed by atoms with Gasteiger partial charge in [-0.3, -0.25) is 4.98 Å². The number of piperazine rings is 1. The molecule has 0 aromatic carbocycles. The van der Waals surface area contributed by atoms with Crippen molar-refractivity contribution in [3.63, 3.8) is 0 Å². The molecular weight excluding hydrogens is 186 g/mol. The van der Waals surface area contributed by atoms with Crippen molar-refractivity contribution in [2.75, 3.05) is 32.7 Å². The minimum absolute atomic E-state index is 1.02. The molecule has 2 rings (SSSR count). The molecule has 1 aliphatic rings. The first kappa shape index (κ1) is 10.6. The first-order chi connectivity index (χ1) is 7.45. The van der Waals surface area contributed by atoms with Crippen LogP contribution in [0.2, 0.25) is 0 Å². The number of aromatic nitrogens is 1. The predicted octanol–water partition coefficient (Wildman–Crippen LogP) is 0.934. The Bertz CT molecular complexity index is 267. The molecule has 2 heterocycles. The van der Waals surface area contributed by atoms with Crippen LogP contribution in [0.4, 0.5) is 0 Å². The molecular formula is C12H18N3. The third-order valence-corrected chi connectivity index (χ3v) is 2.81. The van der Waals surface area contributed by atoms with Crippen LogP contribution in [0.1, 0.15) is 12.0 Å². The monoisotopic (exact) mass is 204 g/mol. The first-order valence-corrected chi connectivity index (χ1v) is 5.70. The van der Waals surface area contributed by atoms with Crippen LogP contribution in [0.3, 0.4) is 0 Å². The fraction of sp³-hybridized carbons (Fsp3) is 0.583. The molecule has 1 aromatic rings. The van der Waals surface area contributed by atoms with Gasteiger partial charge in [-0.05, 0) is 31.0 Å². The molecule has 1 fully saturated rings. The molecule has 0 saturated carbocycles. The summed E-state index contributed by atoms with van der Waals surface area (Å²) in [5.74, 6) is 0. The van der Waals surface area contributed by atoms with Gasteiger partial charge in [0.2, 0.25) is 0 Å². The summed E-state index contributed by atoms with van der Waals surface area (Å²) in [5.41, 5.74) is 1.35. The lowest BCUT2D eigenvalue weighted by atomic mass is 10.1. The minimum atomic E-state index is 1.02. The van der Waals surface area contributed by atoms with Crippen molar-refractivity contribution >= 4 is 0 Å². The van der Waals surface area contributed by atoms with Crippen molar-refractivity contribution in [2.45, 2.75) is 12.8 Å². The Labute approximate surface area is 91.5 Å². The van der Waals surface area contributed by atoms with Gasteiger partial charge in [0.25, 0.3) is 0 Å². The Kier molecular flexibility index (Phi) is 4.11. The van der Waals surface area contributed by atoms with Crippen molar-refractivity contribution in [3.05, 3.63) is 30.1 Å². The summed E-state index contributed by atoms with van der Waals surface area (Å²) in [4.78, 5) is 6.62. The maximum atomic E-state index is 4.34. The molecule has 1 aromatic heterocycles. The van der Waals surface area contributed by atoms with Crippen LogP contribution in [0, 0.1) is 0 Å². The van der Waals surface area contributed by atoms with E-state index in [-0.39, 0.29) is 0 Å². The highest BCUT2D eigenvalue weighted by molar-refractivity contribution is 5.08. The highest BCUT2D eigenvalue weighted by atomic mass is 15.2. The van der Waals surface area contributed by atoms with E-state index in [2.05, 4.69) is 21.3 Å². The Morgan fingerprint density at radius 1 is 1.27 bits per heavy atom. The Morgan fingerprint density at radius 2 is 2.13 bits per heavy atom. The lowest BCUT2D eigenvalue weighted by Crippen LogP contribution is -2.40. The fourth-order valence-electron chi connectivity index (χ4n) is 1.92. The van der Waals surface area contributed by atoms with Crippen LogP contribution in [0.25, 0.3) is 0 Å². The molecule has 3 heteroatoms. The lowest BCUT2D eigenvalue weighted by molar-refractivity contribution is 0.236. The quantitative estimate of drug-likeness (QED) is 0.730. The third kappa shape index (κ3) is 3.61. The topological polar surface area (TPSA) is 30.2 Å². The van der Waals surface area contributed by atoms with Gasteiger partial charge in [-0.1, -0.05) is 6.07 Å². The molecule has 3 nitrogen and oxygen atoms in total. The van der Waals surface area contributed by atoms with Crippen LogP contribution >= 0.6 is 0 Å². The number of hydrogen-bond donors (Lipinski definition) is 0. The lowest BCUT2D eigenvalue weighted by Gasteiger charge is -2.26. The van der Waals surface area contributed by atoms with Gasteiger partial charge < -0.3 is 4.90 Å². The summed E-state index contributed by atoms with van der Waals surface area (Å²) in [6, 6.07) is 4.16. The van der Waals surface area contributed by atoms with Gasteiger partial charge in [-0.15, -0.1) is 0 Å². The van der Waals surface area contributed by atoms with Crippen LogP contribution < -0.4 is 5.32 Å². The maximum Gasteiger partial charge on any atom is 0.0299 e. The molecule has 1 aliphatic heterocycles. The number of pyridine rings is 1. The van der Waals surface area contributed by atoms with Crippen molar-refractivity contribution in [1.29, 1.82) is 0 Å². The molecule has 0 spiro atoms. The smallest absolute Gasteiger partial charge is 0.0299 e. The van der Waals surface area contributed by atoms with Crippen LogP contribution in [0.15, 0.2) is 24.5 Å². The highest BCUT2D eigenvalue weighted by Crippen LogP contribution is 2.02. The molecule has 0 aliphatic carbocycles. The summed E-state index contributed by atoms with van der Waals surface area (Å²) in [5, 5.41) is 4.34. The second-order valence-corrected chi connectivity index (χ2v) is 3.98. The zero-order valence-corrected chi connectivity index (χ0v) is 9.10. The molecule has 1 radical (unpaired) electrons. The van der Waals surface area contributed by atoms with Gasteiger partial charge in [-0.2, -0.15) is 0 Å². The number of hydrogen-bond acceptors (Lipinski definition) is 2. The van der Waals surface area contributed by atoms with E-state index in [1.807, 2.05) is 18.5 Å². The number of nitrogens with zero attached hydrogens (tertiary/aromatic N) is 3. The van der Waals surface area contributed by atoms with Gasteiger partial charge in [0, 0.05) is 38.6 Å². The zero-order chi connectivity index (χ0) is 10.3. The molecule has 0 N–H and O–H groups in total. The van der Waals surface area contributed by atoms with E-state index in [1.165, 1.54) is 18.5 Å². The van der Waals surface area contributed by atoms with E-state index in [0.29, 0.717) is 0 Å². The van der Waals surface area contributed by atoms with Crippen molar-refractivity contribution in [3.8, 4) is 0 Å². The Hall–Kier alpha value is -0.930. The largest absolute Gasteiger partial charge is 0.301 e.